The van der Waals surface area contributed by atoms with Gasteiger partial charge < -0.3 is 4.90 Å². The zero-order chi connectivity index (χ0) is 17.6. The summed E-state index contributed by atoms with van der Waals surface area (Å²) in [6, 6.07) is 9.09. The van der Waals surface area contributed by atoms with Crippen molar-refractivity contribution in [2.75, 3.05) is 18.0 Å². The fourth-order valence-electron chi connectivity index (χ4n) is 4.82. The second kappa shape index (κ2) is 6.28. The number of carbonyl (C=O) groups is 3. The van der Waals surface area contributed by atoms with Gasteiger partial charge in [-0.1, -0.05) is 25.1 Å². The number of hydrogen-bond donors (Lipinski definition) is 0. The zero-order valence-corrected chi connectivity index (χ0v) is 14.6. The number of likely N-dealkylation sites (tertiary alicyclic amines) is 1. The molecule has 4 rings (SSSR count). The van der Waals surface area contributed by atoms with Crippen molar-refractivity contribution >= 4 is 23.4 Å². The van der Waals surface area contributed by atoms with Crippen molar-refractivity contribution in [3.8, 4) is 0 Å². The van der Waals surface area contributed by atoms with Crippen LogP contribution in [0.4, 0.5) is 5.69 Å². The second-order valence-electron chi connectivity index (χ2n) is 7.59. The van der Waals surface area contributed by atoms with E-state index in [4.69, 9.17) is 0 Å². The molecule has 5 nitrogen and oxygen atoms in total. The maximum absolute atomic E-state index is 13.2. The molecule has 25 heavy (non-hydrogen) atoms. The Morgan fingerprint density at radius 1 is 0.960 bits per heavy atom. The van der Waals surface area contributed by atoms with Gasteiger partial charge in [0.1, 0.15) is 0 Å². The average molecular weight is 340 g/mol. The zero-order valence-electron chi connectivity index (χ0n) is 14.6. The second-order valence-corrected chi connectivity index (χ2v) is 7.59. The van der Waals surface area contributed by atoms with Crippen LogP contribution in [-0.2, 0) is 14.4 Å². The molecule has 3 fully saturated rings. The molecule has 3 amide bonds. The molecule has 1 aromatic carbocycles. The molecule has 0 spiro atoms. The predicted molar refractivity (Wildman–Crippen MR) is 93.6 cm³/mol. The molecular formula is C20H24N2O3. The monoisotopic (exact) mass is 340 g/mol. The minimum atomic E-state index is -0.496. The van der Waals surface area contributed by atoms with E-state index in [-0.39, 0.29) is 35.5 Å². The Balaban J connectivity index is 1.67. The van der Waals surface area contributed by atoms with Crippen molar-refractivity contribution < 1.29 is 14.4 Å². The Hall–Kier alpha value is -2.17. The van der Waals surface area contributed by atoms with Gasteiger partial charge in [0.15, 0.2) is 0 Å². The maximum atomic E-state index is 13.2. The Kier molecular flexibility index (Phi) is 4.10. The predicted octanol–water partition coefficient (Wildman–Crippen LogP) is 2.46. The third kappa shape index (κ3) is 2.57. The number of hydrogen-bond acceptors (Lipinski definition) is 3. The summed E-state index contributed by atoms with van der Waals surface area (Å²) in [5.41, 5.74) is 0.617. The summed E-state index contributed by atoms with van der Waals surface area (Å²) < 4.78 is 0. The number of benzene rings is 1. The summed E-state index contributed by atoms with van der Waals surface area (Å²) in [5, 5.41) is 0. The lowest BCUT2D eigenvalue weighted by atomic mass is 9.68. The minimum Gasteiger partial charge on any atom is -0.342 e. The van der Waals surface area contributed by atoms with Gasteiger partial charge in [0, 0.05) is 13.1 Å². The molecule has 3 aliphatic rings. The van der Waals surface area contributed by atoms with Gasteiger partial charge in [-0.05, 0) is 43.7 Å². The van der Waals surface area contributed by atoms with Gasteiger partial charge in [0.25, 0.3) is 0 Å². The molecule has 2 saturated heterocycles. The van der Waals surface area contributed by atoms with E-state index >= 15 is 0 Å². The van der Waals surface area contributed by atoms with Crippen LogP contribution in [0.2, 0.25) is 0 Å². The quantitative estimate of drug-likeness (QED) is 0.777. The first-order chi connectivity index (χ1) is 12.1. The lowest BCUT2D eigenvalue weighted by molar-refractivity contribution is -0.143. The molecule has 0 aromatic heterocycles. The average Bonchev–Trinajstić information content (AvgIpc) is 3.24. The van der Waals surface area contributed by atoms with Gasteiger partial charge in [-0.2, -0.15) is 0 Å². The highest BCUT2D eigenvalue weighted by molar-refractivity contribution is 6.23. The normalized spacial score (nSPS) is 32.2. The van der Waals surface area contributed by atoms with Gasteiger partial charge in [-0.3, -0.25) is 19.3 Å². The van der Waals surface area contributed by atoms with E-state index in [1.54, 1.807) is 12.1 Å². The third-order valence-corrected chi connectivity index (χ3v) is 6.13. The number of fused-ring (bicyclic) bond motifs is 1. The van der Waals surface area contributed by atoms with Crippen LogP contribution in [-0.4, -0.2) is 35.7 Å². The Bertz CT molecular complexity index is 696. The van der Waals surface area contributed by atoms with Gasteiger partial charge in [0.2, 0.25) is 17.7 Å². The van der Waals surface area contributed by atoms with Crippen LogP contribution >= 0.6 is 0 Å². The molecule has 2 aliphatic heterocycles. The van der Waals surface area contributed by atoms with Gasteiger partial charge in [0.05, 0.1) is 23.4 Å². The Morgan fingerprint density at radius 3 is 2.28 bits per heavy atom. The first-order valence-corrected chi connectivity index (χ1v) is 9.31. The number of imide groups is 1. The minimum absolute atomic E-state index is 0.0791. The molecule has 1 saturated carbocycles. The van der Waals surface area contributed by atoms with Crippen molar-refractivity contribution in [2.45, 2.75) is 32.6 Å². The highest BCUT2D eigenvalue weighted by Crippen LogP contribution is 2.46. The first-order valence-electron chi connectivity index (χ1n) is 9.31. The largest absolute Gasteiger partial charge is 0.342 e. The summed E-state index contributed by atoms with van der Waals surface area (Å²) in [5.74, 6) is -1.31. The van der Waals surface area contributed by atoms with Gasteiger partial charge in [-0.15, -0.1) is 0 Å². The molecule has 1 aliphatic carbocycles. The molecular weight excluding hydrogens is 316 g/mol. The van der Waals surface area contributed by atoms with E-state index in [0.29, 0.717) is 12.1 Å². The standard InChI is InChI=1S/C20H24N2O3/c1-13-9-10-15(18(23)21-11-5-6-12-21)17-16(13)19(24)22(20(17)25)14-7-3-2-4-8-14/h2-4,7-8,13,15-17H,5-6,9-12H2,1H3/t13-,15+,16+,17+/m1/s1. The molecule has 2 heterocycles. The van der Waals surface area contributed by atoms with Crippen LogP contribution in [0.1, 0.15) is 32.6 Å². The van der Waals surface area contributed by atoms with E-state index in [0.717, 1.165) is 32.4 Å². The van der Waals surface area contributed by atoms with Gasteiger partial charge >= 0.3 is 0 Å². The van der Waals surface area contributed by atoms with Crippen LogP contribution in [0.15, 0.2) is 30.3 Å². The highest BCUT2D eigenvalue weighted by atomic mass is 16.2. The Morgan fingerprint density at radius 2 is 1.60 bits per heavy atom. The van der Waals surface area contributed by atoms with E-state index in [1.807, 2.05) is 30.0 Å². The van der Waals surface area contributed by atoms with E-state index in [1.165, 1.54) is 4.90 Å². The maximum Gasteiger partial charge on any atom is 0.238 e. The number of anilines is 1. The van der Waals surface area contributed by atoms with E-state index in [2.05, 4.69) is 0 Å². The smallest absolute Gasteiger partial charge is 0.238 e. The molecule has 1 aromatic rings. The third-order valence-electron chi connectivity index (χ3n) is 6.13. The summed E-state index contributed by atoms with van der Waals surface area (Å²) in [6.45, 7) is 3.60. The molecule has 0 bridgehead atoms. The van der Waals surface area contributed by atoms with Gasteiger partial charge in [-0.25, -0.2) is 0 Å². The van der Waals surface area contributed by atoms with Crippen molar-refractivity contribution in [1.29, 1.82) is 0 Å². The van der Waals surface area contributed by atoms with Crippen LogP contribution in [0, 0.1) is 23.7 Å². The van der Waals surface area contributed by atoms with Crippen LogP contribution in [0.5, 0.6) is 0 Å². The van der Waals surface area contributed by atoms with Crippen molar-refractivity contribution in [3.63, 3.8) is 0 Å². The summed E-state index contributed by atoms with van der Waals surface area (Å²) >= 11 is 0. The lowest BCUT2D eigenvalue weighted by Crippen LogP contribution is -2.45. The fourth-order valence-corrected chi connectivity index (χ4v) is 4.82. The summed E-state index contributed by atoms with van der Waals surface area (Å²) in [6.07, 6.45) is 3.60. The van der Waals surface area contributed by atoms with Crippen molar-refractivity contribution in [3.05, 3.63) is 30.3 Å². The molecule has 132 valence electrons. The lowest BCUT2D eigenvalue weighted by Gasteiger charge is -2.35. The number of para-hydroxylation sites is 1. The van der Waals surface area contributed by atoms with E-state index in [9.17, 15) is 14.4 Å². The number of carbonyl (C=O) groups excluding carboxylic acids is 3. The molecule has 0 radical (unpaired) electrons. The van der Waals surface area contributed by atoms with Crippen LogP contribution < -0.4 is 4.90 Å². The SMILES string of the molecule is C[C@@H]1CC[C@H](C(=O)N2CCCC2)[C@@H]2C(=O)N(c3ccccc3)C(=O)[C@H]21. The highest BCUT2D eigenvalue weighted by Gasteiger charge is 2.57. The van der Waals surface area contributed by atoms with Crippen LogP contribution in [0.3, 0.4) is 0 Å². The molecule has 0 unspecified atom stereocenters. The topological polar surface area (TPSA) is 57.7 Å². The summed E-state index contributed by atoms with van der Waals surface area (Å²) in [4.78, 5) is 42.4. The molecule has 0 N–H and O–H groups in total. The molecule has 5 heteroatoms. The van der Waals surface area contributed by atoms with Crippen LogP contribution in [0.25, 0.3) is 0 Å². The molecule has 4 atom stereocenters. The van der Waals surface area contributed by atoms with Crippen molar-refractivity contribution in [2.24, 2.45) is 23.7 Å². The van der Waals surface area contributed by atoms with Crippen molar-refractivity contribution in [1.82, 2.24) is 4.90 Å². The Labute approximate surface area is 148 Å². The number of rotatable bonds is 2. The van der Waals surface area contributed by atoms with E-state index < -0.39 is 5.92 Å². The number of amides is 3. The first kappa shape index (κ1) is 16.3. The number of nitrogens with zero attached hydrogens (tertiary/aromatic N) is 2. The summed E-state index contributed by atoms with van der Waals surface area (Å²) in [7, 11) is 0. The fraction of sp³-hybridized carbons (Fsp3) is 0.550.